The third-order valence-electron chi connectivity index (χ3n) is 2.75. The van der Waals surface area contributed by atoms with Gasteiger partial charge in [-0.3, -0.25) is 4.99 Å². The van der Waals surface area contributed by atoms with Crippen LogP contribution in [0.5, 0.6) is 0 Å². The van der Waals surface area contributed by atoms with Crippen LogP contribution in [-0.2, 0) is 4.74 Å². The Morgan fingerprint density at radius 2 is 1.74 bits per heavy atom. The van der Waals surface area contributed by atoms with Crippen molar-refractivity contribution < 1.29 is 9.53 Å². The van der Waals surface area contributed by atoms with E-state index in [1.165, 1.54) is 0 Å². The van der Waals surface area contributed by atoms with Crippen LogP contribution in [0.25, 0.3) is 0 Å². The molecule has 1 N–H and O–H groups in total. The van der Waals surface area contributed by atoms with Gasteiger partial charge in [0.1, 0.15) is 0 Å². The summed E-state index contributed by atoms with van der Waals surface area (Å²) in [6.45, 7) is 10.9. The molecule has 1 amide bonds. The van der Waals surface area contributed by atoms with E-state index in [0.717, 1.165) is 32.1 Å². The van der Waals surface area contributed by atoms with Crippen LogP contribution in [0.3, 0.4) is 0 Å². The molecule has 0 bridgehead atoms. The summed E-state index contributed by atoms with van der Waals surface area (Å²) < 4.78 is 4.99. The highest BCUT2D eigenvalue weighted by Crippen LogP contribution is 2.04. The van der Waals surface area contributed by atoms with Gasteiger partial charge in [-0.2, -0.15) is 0 Å². The van der Waals surface area contributed by atoms with E-state index in [2.05, 4.69) is 22.1 Å². The first kappa shape index (κ1) is 18.3. The van der Waals surface area contributed by atoms with Gasteiger partial charge in [-0.25, -0.2) is 4.79 Å². The fourth-order valence-electron chi connectivity index (χ4n) is 1.89. The molecule has 1 rings (SSSR count). The SMILES string of the molecule is CCN=C(NCC)N1CCN(C(=O)OCC)CC1.I. The van der Waals surface area contributed by atoms with Crippen LogP contribution >= 0.6 is 24.0 Å². The third-order valence-corrected chi connectivity index (χ3v) is 2.75. The van der Waals surface area contributed by atoms with Gasteiger partial charge in [0, 0.05) is 39.3 Å². The number of piperazine rings is 1. The monoisotopic (exact) mass is 384 g/mol. The molecule has 0 atom stereocenters. The third kappa shape index (κ3) is 5.84. The second-order valence-corrected chi connectivity index (χ2v) is 4.00. The van der Waals surface area contributed by atoms with E-state index in [4.69, 9.17) is 4.74 Å². The molecule has 112 valence electrons. The van der Waals surface area contributed by atoms with Crippen LogP contribution in [0.2, 0.25) is 0 Å². The first-order chi connectivity index (χ1) is 8.72. The number of nitrogens with one attached hydrogen (secondary N) is 1. The van der Waals surface area contributed by atoms with Gasteiger partial charge >= 0.3 is 6.09 Å². The summed E-state index contributed by atoms with van der Waals surface area (Å²) in [7, 11) is 0. The molecule has 1 heterocycles. The average molecular weight is 384 g/mol. The second-order valence-electron chi connectivity index (χ2n) is 4.00. The van der Waals surface area contributed by atoms with Gasteiger partial charge in [0.05, 0.1) is 6.61 Å². The zero-order chi connectivity index (χ0) is 13.4. The van der Waals surface area contributed by atoms with Crippen molar-refractivity contribution in [2.45, 2.75) is 20.8 Å². The number of nitrogens with zero attached hydrogens (tertiary/aromatic N) is 3. The number of hydrogen-bond acceptors (Lipinski definition) is 3. The lowest BCUT2D eigenvalue weighted by Crippen LogP contribution is -2.53. The highest BCUT2D eigenvalue weighted by molar-refractivity contribution is 14.0. The lowest BCUT2D eigenvalue weighted by molar-refractivity contribution is 0.0914. The molecule has 1 aliphatic rings. The number of aliphatic imine (C=N–C) groups is 1. The maximum atomic E-state index is 11.6. The summed E-state index contributed by atoms with van der Waals surface area (Å²) in [4.78, 5) is 19.9. The molecule has 0 aliphatic carbocycles. The summed E-state index contributed by atoms with van der Waals surface area (Å²) in [5.41, 5.74) is 0. The summed E-state index contributed by atoms with van der Waals surface area (Å²) in [6, 6.07) is 0. The molecule has 0 aromatic rings. The highest BCUT2D eigenvalue weighted by Gasteiger charge is 2.23. The highest BCUT2D eigenvalue weighted by atomic mass is 127. The Bertz CT molecular complexity index is 291. The molecular weight excluding hydrogens is 359 g/mol. The minimum atomic E-state index is -0.213. The van der Waals surface area contributed by atoms with Gasteiger partial charge in [-0.05, 0) is 20.8 Å². The average Bonchev–Trinajstić information content (AvgIpc) is 2.39. The maximum Gasteiger partial charge on any atom is 0.409 e. The number of amides is 1. The van der Waals surface area contributed by atoms with Gasteiger partial charge in [-0.15, -0.1) is 24.0 Å². The van der Waals surface area contributed by atoms with Crippen LogP contribution in [-0.4, -0.2) is 67.7 Å². The molecule has 19 heavy (non-hydrogen) atoms. The van der Waals surface area contributed by atoms with Crippen molar-refractivity contribution in [3.63, 3.8) is 0 Å². The largest absolute Gasteiger partial charge is 0.450 e. The Kier molecular flexibility index (Phi) is 9.72. The molecule has 1 saturated heterocycles. The Balaban J connectivity index is 0.00000324. The van der Waals surface area contributed by atoms with Crippen molar-refractivity contribution in [2.75, 3.05) is 45.9 Å². The number of hydrogen-bond donors (Lipinski definition) is 1. The minimum absolute atomic E-state index is 0. The van der Waals surface area contributed by atoms with Gasteiger partial charge < -0.3 is 19.9 Å². The Morgan fingerprint density at radius 3 is 2.21 bits per heavy atom. The van der Waals surface area contributed by atoms with Crippen molar-refractivity contribution in [1.82, 2.24) is 15.1 Å². The van der Waals surface area contributed by atoms with Gasteiger partial charge in [-0.1, -0.05) is 0 Å². The number of rotatable bonds is 3. The lowest BCUT2D eigenvalue weighted by Gasteiger charge is -2.35. The lowest BCUT2D eigenvalue weighted by atomic mass is 10.3. The zero-order valence-electron chi connectivity index (χ0n) is 12.0. The summed E-state index contributed by atoms with van der Waals surface area (Å²) in [5, 5.41) is 3.26. The first-order valence-electron chi connectivity index (χ1n) is 6.67. The molecule has 0 aromatic heterocycles. The Hall–Kier alpha value is -0.730. The van der Waals surface area contributed by atoms with E-state index in [9.17, 15) is 4.79 Å². The summed E-state index contributed by atoms with van der Waals surface area (Å²) in [5.74, 6) is 0.934. The quantitative estimate of drug-likeness (QED) is 0.454. The molecule has 0 saturated carbocycles. The molecule has 0 radical (unpaired) electrons. The first-order valence-corrected chi connectivity index (χ1v) is 6.67. The van der Waals surface area contributed by atoms with Crippen molar-refractivity contribution in [3.8, 4) is 0 Å². The fourth-order valence-corrected chi connectivity index (χ4v) is 1.89. The molecule has 1 fully saturated rings. The molecule has 0 spiro atoms. The molecular formula is C12H25IN4O2. The standard InChI is InChI=1S/C12H24N4O2.HI/c1-4-13-11(14-5-2)15-7-9-16(10-8-15)12(17)18-6-3;/h4-10H2,1-3H3,(H,13,14);1H. The van der Waals surface area contributed by atoms with E-state index in [1.807, 2.05) is 13.8 Å². The van der Waals surface area contributed by atoms with E-state index in [-0.39, 0.29) is 30.1 Å². The molecule has 0 aromatic carbocycles. The van der Waals surface area contributed by atoms with Crippen molar-refractivity contribution >= 4 is 36.0 Å². The molecule has 1 aliphatic heterocycles. The van der Waals surface area contributed by atoms with Crippen LogP contribution in [0.1, 0.15) is 20.8 Å². The number of carbonyl (C=O) groups excluding carboxylic acids is 1. The predicted molar refractivity (Wildman–Crippen MR) is 87.2 cm³/mol. The Morgan fingerprint density at radius 1 is 1.16 bits per heavy atom. The topological polar surface area (TPSA) is 57.2 Å². The smallest absolute Gasteiger partial charge is 0.409 e. The predicted octanol–water partition coefficient (Wildman–Crippen LogP) is 1.36. The summed E-state index contributed by atoms with van der Waals surface area (Å²) >= 11 is 0. The van der Waals surface area contributed by atoms with Gasteiger partial charge in [0.2, 0.25) is 0 Å². The number of ether oxygens (including phenoxy) is 1. The summed E-state index contributed by atoms with van der Waals surface area (Å²) in [6.07, 6.45) is -0.213. The number of guanidine groups is 1. The van der Waals surface area contributed by atoms with Crippen LogP contribution in [0.15, 0.2) is 4.99 Å². The fraction of sp³-hybridized carbons (Fsp3) is 0.833. The Labute approximate surface area is 132 Å². The maximum absolute atomic E-state index is 11.6. The van der Waals surface area contributed by atoms with E-state index >= 15 is 0 Å². The number of halogens is 1. The van der Waals surface area contributed by atoms with E-state index in [0.29, 0.717) is 19.7 Å². The normalized spacial score (nSPS) is 15.8. The van der Waals surface area contributed by atoms with Crippen LogP contribution in [0.4, 0.5) is 4.79 Å². The molecule has 0 unspecified atom stereocenters. The molecule has 6 nitrogen and oxygen atoms in total. The molecule has 7 heteroatoms. The van der Waals surface area contributed by atoms with Crippen LogP contribution in [0, 0.1) is 0 Å². The minimum Gasteiger partial charge on any atom is -0.450 e. The van der Waals surface area contributed by atoms with E-state index < -0.39 is 0 Å². The van der Waals surface area contributed by atoms with Crippen molar-refractivity contribution in [3.05, 3.63) is 0 Å². The van der Waals surface area contributed by atoms with E-state index in [1.54, 1.807) is 4.90 Å². The van der Waals surface area contributed by atoms with Crippen molar-refractivity contribution in [1.29, 1.82) is 0 Å². The van der Waals surface area contributed by atoms with Crippen molar-refractivity contribution in [2.24, 2.45) is 4.99 Å². The van der Waals surface area contributed by atoms with Gasteiger partial charge in [0.15, 0.2) is 5.96 Å². The van der Waals surface area contributed by atoms with Gasteiger partial charge in [0.25, 0.3) is 0 Å². The zero-order valence-corrected chi connectivity index (χ0v) is 14.3. The van der Waals surface area contributed by atoms with Crippen LogP contribution < -0.4 is 5.32 Å². The second kappa shape index (κ2) is 10.1. The number of carbonyl (C=O) groups is 1.